The highest BCUT2D eigenvalue weighted by Gasteiger charge is 2.28. The van der Waals surface area contributed by atoms with Gasteiger partial charge in [-0.3, -0.25) is 4.79 Å². The van der Waals surface area contributed by atoms with Crippen molar-refractivity contribution in [3.63, 3.8) is 0 Å². The molecule has 0 saturated carbocycles. The summed E-state index contributed by atoms with van der Waals surface area (Å²) in [6.07, 6.45) is 3.76. The maximum atomic E-state index is 12.6. The second kappa shape index (κ2) is 7.76. The molecule has 146 valence electrons. The molecule has 1 amide bonds. The average molecular weight is 373 g/mol. The highest BCUT2D eigenvalue weighted by Crippen LogP contribution is 2.29. The van der Waals surface area contributed by atoms with E-state index in [2.05, 4.69) is 9.88 Å². The van der Waals surface area contributed by atoms with E-state index in [0.717, 1.165) is 42.8 Å². The number of carbonyl (C=O) groups excluding carboxylic acids is 1. The van der Waals surface area contributed by atoms with Gasteiger partial charge < -0.3 is 24.1 Å². The number of aliphatic hydroxyl groups is 1. The summed E-state index contributed by atoms with van der Waals surface area (Å²) >= 11 is 0. The molecule has 2 aromatic rings. The molecule has 4 rings (SSSR count). The molecule has 1 unspecified atom stereocenters. The number of methoxy groups -OCH3 is 1. The van der Waals surface area contributed by atoms with Gasteiger partial charge in [0.15, 0.2) is 5.58 Å². The number of nitrogens with zero attached hydrogens (tertiary/aromatic N) is 3. The largest absolute Gasteiger partial charge is 0.497 e. The molecule has 7 nitrogen and oxygen atoms in total. The van der Waals surface area contributed by atoms with E-state index in [1.807, 2.05) is 23.1 Å². The third-order valence-electron chi connectivity index (χ3n) is 5.65. The maximum absolute atomic E-state index is 12.6. The van der Waals surface area contributed by atoms with Gasteiger partial charge in [-0.2, -0.15) is 4.98 Å². The number of oxazole rings is 1. The van der Waals surface area contributed by atoms with Crippen LogP contribution in [0.3, 0.4) is 0 Å². The number of rotatable bonds is 4. The molecule has 1 atom stereocenters. The second-order valence-corrected chi connectivity index (χ2v) is 7.60. The Morgan fingerprint density at radius 2 is 2.11 bits per heavy atom. The zero-order chi connectivity index (χ0) is 18.8. The summed E-state index contributed by atoms with van der Waals surface area (Å²) in [5.41, 5.74) is 1.53. The first kappa shape index (κ1) is 18.1. The van der Waals surface area contributed by atoms with Crippen molar-refractivity contribution >= 4 is 23.0 Å². The number of carbonyl (C=O) groups is 1. The van der Waals surface area contributed by atoms with E-state index in [1.165, 1.54) is 0 Å². The molecular weight excluding hydrogens is 346 g/mol. The Morgan fingerprint density at radius 3 is 2.89 bits per heavy atom. The summed E-state index contributed by atoms with van der Waals surface area (Å²) < 4.78 is 11.2. The molecular formula is C20H27N3O4. The minimum absolute atomic E-state index is 0.205. The highest BCUT2D eigenvalue weighted by atomic mass is 16.5. The summed E-state index contributed by atoms with van der Waals surface area (Å²) in [5, 5.41) is 9.61. The maximum Gasteiger partial charge on any atom is 0.298 e. The number of likely N-dealkylation sites (tertiary alicyclic amines) is 1. The van der Waals surface area contributed by atoms with Crippen molar-refractivity contribution in [2.45, 2.75) is 38.2 Å². The molecule has 3 heterocycles. The number of ether oxygens (including phenoxy) is 1. The van der Waals surface area contributed by atoms with Gasteiger partial charge in [0.1, 0.15) is 11.3 Å². The van der Waals surface area contributed by atoms with Crippen LogP contribution in [0.15, 0.2) is 22.6 Å². The Labute approximate surface area is 158 Å². The van der Waals surface area contributed by atoms with Gasteiger partial charge in [0, 0.05) is 38.7 Å². The Morgan fingerprint density at radius 1 is 1.30 bits per heavy atom. The number of aliphatic hydroxyl groups excluding tert-OH is 1. The third kappa shape index (κ3) is 4.03. The summed E-state index contributed by atoms with van der Waals surface area (Å²) in [4.78, 5) is 21.3. The molecule has 0 bridgehead atoms. The quantitative estimate of drug-likeness (QED) is 0.887. The van der Waals surface area contributed by atoms with Crippen LogP contribution >= 0.6 is 0 Å². The number of fused-ring (bicyclic) bond motifs is 1. The van der Waals surface area contributed by atoms with Crippen molar-refractivity contribution in [2.75, 3.05) is 38.2 Å². The second-order valence-electron chi connectivity index (χ2n) is 7.60. The summed E-state index contributed by atoms with van der Waals surface area (Å²) in [6, 6.07) is 6.24. The molecule has 27 heavy (non-hydrogen) atoms. The summed E-state index contributed by atoms with van der Waals surface area (Å²) in [6.45, 7) is 3.02. The van der Waals surface area contributed by atoms with Crippen molar-refractivity contribution in [1.29, 1.82) is 0 Å². The zero-order valence-electron chi connectivity index (χ0n) is 15.8. The Bertz CT molecular complexity index is 798. The van der Waals surface area contributed by atoms with Crippen molar-refractivity contribution in [1.82, 2.24) is 9.88 Å². The molecule has 2 aliphatic rings. The van der Waals surface area contributed by atoms with Crippen LogP contribution in [0.2, 0.25) is 0 Å². The van der Waals surface area contributed by atoms with Crippen LogP contribution in [0, 0.1) is 5.92 Å². The van der Waals surface area contributed by atoms with Gasteiger partial charge in [0.25, 0.3) is 6.01 Å². The first-order valence-electron chi connectivity index (χ1n) is 9.78. The van der Waals surface area contributed by atoms with E-state index >= 15 is 0 Å². The molecule has 0 radical (unpaired) electrons. The molecule has 1 N–H and O–H groups in total. The van der Waals surface area contributed by atoms with Crippen LogP contribution in [-0.4, -0.2) is 60.3 Å². The predicted molar refractivity (Wildman–Crippen MR) is 102 cm³/mol. The van der Waals surface area contributed by atoms with Gasteiger partial charge in [-0.05, 0) is 43.7 Å². The van der Waals surface area contributed by atoms with Crippen LogP contribution < -0.4 is 9.64 Å². The number of amides is 1. The van der Waals surface area contributed by atoms with Crippen LogP contribution in [0.5, 0.6) is 5.75 Å². The number of hydrogen-bond donors (Lipinski definition) is 1. The molecule has 0 aliphatic carbocycles. The average Bonchev–Trinajstić information content (AvgIpc) is 3.12. The zero-order valence-corrected chi connectivity index (χ0v) is 15.8. The smallest absolute Gasteiger partial charge is 0.298 e. The fourth-order valence-corrected chi connectivity index (χ4v) is 4.05. The number of benzene rings is 1. The third-order valence-corrected chi connectivity index (χ3v) is 5.65. The van der Waals surface area contributed by atoms with E-state index < -0.39 is 0 Å². The summed E-state index contributed by atoms with van der Waals surface area (Å²) in [7, 11) is 1.64. The lowest BCUT2D eigenvalue weighted by Crippen LogP contribution is -2.43. The monoisotopic (exact) mass is 373 g/mol. The van der Waals surface area contributed by atoms with E-state index in [9.17, 15) is 9.90 Å². The lowest BCUT2D eigenvalue weighted by molar-refractivity contribution is -0.134. The SMILES string of the molecule is COc1ccc2oc(N3CCCC(CC(=O)N4CCC(O)CC4)C3)nc2c1. The Hall–Kier alpha value is -2.28. The molecule has 7 heteroatoms. The van der Waals surface area contributed by atoms with Gasteiger partial charge in [0.2, 0.25) is 5.91 Å². The number of aromatic nitrogens is 1. The van der Waals surface area contributed by atoms with Gasteiger partial charge in [-0.25, -0.2) is 0 Å². The molecule has 2 fully saturated rings. The van der Waals surface area contributed by atoms with Crippen molar-refractivity contribution in [3.05, 3.63) is 18.2 Å². The molecule has 1 aromatic carbocycles. The lowest BCUT2D eigenvalue weighted by Gasteiger charge is -2.34. The fraction of sp³-hybridized carbons (Fsp3) is 0.600. The normalized spacial score (nSPS) is 21.6. The van der Waals surface area contributed by atoms with Crippen LogP contribution in [0.25, 0.3) is 11.1 Å². The van der Waals surface area contributed by atoms with E-state index in [-0.39, 0.29) is 12.0 Å². The number of piperidine rings is 2. The predicted octanol–water partition coefficient (Wildman–Crippen LogP) is 2.43. The van der Waals surface area contributed by atoms with Crippen molar-refractivity contribution < 1.29 is 19.1 Å². The van der Waals surface area contributed by atoms with Gasteiger partial charge in [-0.15, -0.1) is 0 Å². The minimum atomic E-state index is -0.253. The topological polar surface area (TPSA) is 79.0 Å². The van der Waals surface area contributed by atoms with Crippen LogP contribution in [0.1, 0.15) is 32.1 Å². The molecule has 2 aliphatic heterocycles. The number of anilines is 1. The Balaban J connectivity index is 1.40. The van der Waals surface area contributed by atoms with Gasteiger partial charge >= 0.3 is 0 Å². The number of hydrogen-bond acceptors (Lipinski definition) is 6. The molecule has 1 aromatic heterocycles. The first-order valence-corrected chi connectivity index (χ1v) is 9.78. The lowest BCUT2D eigenvalue weighted by atomic mass is 9.94. The molecule has 0 spiro atoms. The fourth-order valence-electron chi connectivity index (χ4n) is 4.05. The van der Waals surface area contributed by atoms with Crippen LogP contribution in [0.4, 0.5) is 6.01 Å². The van der Waals surface area contributed by atoms with Crippen molar-refractivity contribution in [2.24, 2.45) is 5.92 Å². The van der Waals surface area contributed by atoms with Gasteiger partial charge in [0.05, 0.1) is 13.2 Å². The van der Waals surface area contributed by atoms with E-state index in [1.54, 1.807) is 7.11 Å². The summed E-state index contributed by atoms with van der Waals surface area (Å²) in [5.74, 6) is 1.27. The van der Waals surface area contributed by atoms with Crippen LogP contribution in [-0.2, 0) is 4.79 Å². The van der Waals surface area contributed by atoms with Gasteiger partial charge in [-0.1, -0.05) is 0 Å². The highest BCUT2D eigenvalue weighted by molar-refractivity contribution is 5.77. The standard InChI is InChI=1S/C20H27N3O4/c1-26-16-4-5-18-17(12-16)21-20(27-18)23-8-2-3-14(13-23)11-19(25)22-9-6-15(24)7-10-22/h4-5,12,14-15,24H,2-3,6-11,13H2,1H3. The first-order chi connectivity index (χ1) is 13.1. The Kier molecular flexibility index (Phi) is 5.20. The van der Waals surface area contributed by atoms with Crippen molar-refractivity contribution in [3.8, 4) is 5.75 Å². The van der Waals surface area contributed by atoms with E-state index in [4.69, 9.17) is 9.15 Å². The molecule has 2 saturated heterocycles. The van der Waals surface area contributed by atoms with E-state index in [0.29, 0.717) is 44.3 Å². The minimum Gasteiger partial charge on any atom is -0.497 e.